The van der Waals surface area contributed by atoms with Crippen molar-refractivity contribution >= 4 is 26.0 Å². The lowest BCUT2D eigenvalue weighted by Gasteiger charge is -2.12. The van der Waals surface area contributed by atoms with E-state index in [-0.39, 0.29) is 6.04 Å². The second-order valence-electron chi connectivity index (χ2n) is 6.55. The average Bonchev–Trinajstić information content (AvgIpc) is 2.81. The van der Waals surface area contributed by atoms with Gasteiger partial charge < -0.3 is 0 Å². The summed E-state index contributed by atoms with van der Waals surface area (Å²) >= 11 is 3.41. The molecule has 4 unspecified atom stereocenters. The Morgan fingerprint density at radius 1 is 1.20 bits per heavy atom. The van der Waals surface area contributed by atoms with Crippen molar-refractivity contribution in [1.82, 2.24) is 4.72 Å². The summed E-state index contributed by atoms with van der Waals surface area (Å²) in [6, 6.07) is 5.42. The van der Waals surface area contributed by atoms with Crippen molar-refractivity contribution in [2.24, 2.45) is 23.7 Å². The molecule has 0 aliphatic heterocycles. The minimum atomic E-state index is -3.37. The van der Waals surface area contributed by atoms with Crippen LogP contribution in [0.1, 0.15) is 24.8 Å². The summed E-state index contributed by atoms with van der Waals surface area (Å²) in [5.74, 6) is 2.81. The number of hydrogen-bond donors (Lipinski definition) is 1. The van der Waals surface area contributed by atoms with Crippen molar-refractivity contribution in [3.63, 3.8) is 0 Å². The molecule has 0 radical (unpaired) electrons. The van der Waals surface area contributed by atoms with Gasteiger partial charge in [-0.1, -0.05) is 15.9 Å². The molecule has 0 aromatic heterocycles. The second kappa shape index (κ2) is 4.31. The second-order valence-corrected chi connectivity index (χ2v) is 9.11. The van der Waals surface area contributed by atoms with Gasteiger partial charge in [-0.2, -0.15) is 0 Å². The molecule has 4 atom stereocenters. The number of sulfonamides is 1. The van der Waals surface area contributed by atoms with E-state index in [9.17, 15) is 8.42 Å². The molecule has 1 N–H and O–H groups in total. The average molecular weight is 356 g/mol. The minimum absolute atomic E-state index is 0.204. The van der Waals surface area contributed by atoms with Crippen molar-refractivity contribution < 1.29 is 8.42 Å². The van der Waals surface area contributed by atoms with E-state index in [1.807, 2.05) is 6.92 Å². The maximum Gasteiger partial charge on any atom is 0.240 e. The van der Waals surface area contributed by atoms with Crippen molar-refractivity contribution in [2.75, 3.05) is 0 Å². The molecule has 1 aromatic rings. The SMILES string of the molecule is Cc1cc(S(=O)(=O)NC2C3C4CCC(C4)C23)ccc1Br. The van der Waals surface area contributed by atoms with E-state index in [0.717, 1.165) is 21.9 Å². The molecular formula is C15H18BrNO2S. The molecule has 3 saturated carbocycles. The monoisotopic (exact) mass is 355 g/mol. The topological polar surface area (TPSA) is 46.2 Å². The molecule has 0 heterocycles. The highest BCUT2D eigenvalue weighted by Crippen LogP contribution is 2.65. The first-order valence-corrected chi connectivity index (χ1v) is 9.53. The summed E-state index contributed by atoms with van der Waals surface area (Å²) in [4.78, 5) is 0.385. The van der Waals surface area contributed by atoms with E-state index in [0.29, 0.717) is 16.7 Å². The van der Waals surface area contributed by atoms with Gasteiger partial charge in [0.05, 0.1) is 4.90 Å². The molecule has 0 saturated heterocycles. The Hall–Kier alpha value is -0.390. The first-order valence-electron chi connectivity index (χ1n) is 7.26. The number of nitrogens with one attached hydrogen (secondary N) is 1. The fraction of sp³-hybridized carbons (Fsp3) is 0.600. The molecule has 20 heavy (non-hydrogen) atoms. The number of hydrogen-bond acceptors (Lipinski definition) is 2. The third-order valence-corrected chi connectivity index (χ3v) is 7.81. The molecule has 0 spiro atoms. The van der Waals surface area contributed by atoms with Crippen LogP contribution in [0.4, 0.5) is 0 Å². The van der Waals surface area contributed by atoms with E-state index in [1.165, 1.54) is 19.3 Å². The van der Waals surface area contributed by atoms with E-state index in [1.54, 1.807) is 18.2 Å². The van der Waals surface area contributed by atoms with Gasteiger partial charge in [0.2, 0.25) is 10.0 Å². The van der Waals surface area contributed by atoms with E-state index < -0.39 is 10.0 Å². The standard InChI is InChI=1S/C15H18BrNO2S/c1-8-6-11(4-5-12(8)16)20(18,19)17-15-13-9-2-3-10(7-9)14(13)15/h4-6,9-10,13-15,17H,2-3,7H2,1H3. The van der Waals surface area contributed by atoms with Gasteiger partial charge in [0.25, 0.3) is 0 Å². The first kappa shape index (κ1) is 13.3. The van der Waals surface area contributed by atoms with Crippen molar-refractivity contribution in [1.29, 1.82) is 0 Å². The first-order chi connectivity index (χ1) is 9.47. The summed E-state index contributed by atoms with van der Waals surface area (Å²) in [5.41, 5.74) is 0.948. The molecule has 3 fully saturated rings. The molecule has 4 rings (SSSR count). The quantitative estimate of drug-likeness (QED) is 0.905. The van der Waals surface area contributed by atoms with Gasteiger partial charge in [0.15, 0.2) is 0 Å². The Morgan fingerprint density at radius 2 is 1.85 bits per heavy atom. The fourth-order valence-electron chi connectivity index (χ4n) is 4.51. The summed E-state index contributed by atoms with van der Waals surface area (Å²) < 4.78 is 28.9. The van der Waals surface area contributed by atoms with Crippen LogP contribution in [0.3, 0.4) is 0 Å². The van der Waals surface area contributed by atoms with Crippen LogP contribution in [-0.2, 0) is 10.0 Å². The van der Waals surface area contributed by atoms with Crippen LogP contribution >= 0.6 is 15.9 Å². The van der Waals surface area contributed by atoms with Crippen LogP contribution < -0.4 is 4.72 Å². The Bertz CT molecular complexity index is 656. The highest BCUT2D eigenvalue weighted by atomic mass is 79.9. The van der Waals surface area contributed by atoms with Crippen LogP contribution in [-0.4, -0.2) is 14.5 Å². The predicted molar refractivity (Wildman–Crippen MR) is 80.8 cm³/mol. The summed E-state index contributed by atoms with van der Waals surface area (Å²) in [6.45, 7) is 1.91. The lowest BCUT2D eigenvalue weighted by atomic mass is 10.0. The lowest BCUT2D eigenvalue weighted by Crippen LogP contribution is -2.30. The summed E-state index contributed by atoms with van der Waals surface area (Å²) in [6.07, 6.45) is 3.95. The zero-order chi connectivity index (χ0) is 14.1. The molecule has 2 bridgehead atoms. The van der Waals surface area contributed by atoms with Crippen molar-refractivity contribution in [2.45, 2.75) is 37.1 Å². The number of halogens is 1. The van der Waals surface area contributed by atoms with Crippen LogP contribution in [0, 0.1) is 30.6 Å². The molecule has 0 amide bonds. The largest absolute Gasteiger partial charge is 0.240 e. The highest BCUT2D eigenvalue weighted by molar-refractivity contribution is 9.10. The smallest absolute Gasteiger partial charge is 0.207 e. The molecule has 3 aliphatic carbocycles. The zero-order valence-corrected chi connectivity index (χ0v) is 13.7. The third kappa shape index (κ3) is 1.90. The molecule has 5 heteroatoms. The molecule has 1 aromatic carbocycles. The molecule has 108 valence electrons. The predicted octanol–water partition coefficient (Wildman–Crippen LogP) is 3.08. The van der Waals surface area contributed by atoms with Crippen molar-refractivity contribution in [3.05, 3.63) is 28.2 Å². The van der Waals surface area contributed by atoms with Crippen LogP contribution in [0.15, 0.2) is 27.6 Å². The van der Waals surface area contributed by atoms with Gasteiger partial charge in [0, 0.05) is 10.5 Å². The Labute approximate surface area is 128 Å². The minimum Gasteiger partial charge on any atom is -0.207 e. The summed E-state index contributed by atoms with van der Waals surface area (Å²) in [7, 11) is -3.37. The Morgan fingerprint density at radius 3 is 2.45 bits per heavy atom. The van der Waals surface area contributed by atoms with Gasteiger partial charge in [0.1, 0.15) is 0 Å². The summed E-state index contributed by atoms with van der Waals surface area (Å²) in [5, 5.41) is 0. The van der Waals surface area contributed by atoms with Gasteiger partial charge in [-0.3, -0.25) is 0 Å². The van der Waals surface area contributed by atoms with Crippen molar-refractivity contribution in [3.8, 4) is 0 Å². The van der Waals surface area contributed by atoms with Crippen LogP contribution in [0.25, 0.3) is 0 Å². The Kier molecular flexibility index (Phi) is 2.86. The fourth-order valence-corrected chi connectivity index (χ4v) is 6.15. The van der Waals surface area contributed by atoms with Crippen LogP contribution in [0.2, 0.25) is 0 Å². The number of rotatable bonds is 3. The zero-order valence-electron chi connectivity index (χ0n) is 11.3. The third-order valence-electron chi connectivity index (χ3n) is 5.47. The van der Waals surface area contributed by atoms with Gasteiger partial charge >= 0.3 is 0 Å². The van der Waals surface area contributed by atoms with E-state index >= 15 is 0 Å². The maximum absolute atomic E-state index is 12.5. The maximum atomic E-state index is 12.5. The number of benzene rings is 1. The highest BCUT2D eigenvalue weighted by Gasteiger charge is 2.65. The van der Waals surface area contributed by atoms with Gasteiger partial charge in [-0.25, -0.2) is 13.1 Å². The van der Waals surface area contributed by atoms with Gasteiger partial charge in [-0.15, -0.1) is 0 Å². The number of fused-ring (bicyclic) bond motifs is 5. The lowest BCUT2D eigenvalue weighted by molar-refractivity contribution is 0.456. The van der Waals surface area contributed by atoms with E-state index in [2.05, 4.69) is 20.7 Å². The van der Waals surface area contributed by atoms with Crippen LogP contribution in [0.5, 0.6) is 0 Å². The number of aryl methyl sites for hydroxylation is 1. The van der Waals surface area contributed by atoms with E-state index in [4.69, 9.17) is 0 Å². The Balaban J connectivity index is 1.55. The molecule has 3 nitrogen and oxygen atoms in total. The molecular weight excluding hydrogens is 338 g/mol. The molecule has 3 aliphatic rings. The van der Waals surface area contributed by atoms with Gasteiger partial charge in [-0.05, 0) is 73.6 Å². The normalized spacial score (nSPS) is 38.0.